The summed E-state index contributed by atoms with van der Waals surface area (Å²) in [6, 6.07) is 0. The van der Waals surface area contributed by atoms with Gasteiger partial charge in [0.15, 0.2) is 0 Å². The smallest absolute Gasteiger partial charge is 0.362 e. The molecule has 0 bridgehead atoms. The van der Waals surface area contributed by atoms with Crippen LogP contribution in [0.4, 0.5) is 0 Å². The first-order chi connectivity index (χ1) is 4.33. The van der Waals surface area contributed by atoms with Crippen molar-refractivity contribution in [3.63, 3.8) is 0 Å². The van der Waals surface area contributed by atoms with Gasteiger partial charge in [0.25, 0.3) is 0 Å². The van der Waals surface area contributed by atoms with Crippen molar-refractivity contribution in [2.45, 2.75) is 6.42 Å². The van der Waals surface area contributed by atoms with Crippen LogP contribution in [0.5, 0.6) is 0 Å². The van der Waals surface area contributed by atoms with Crippen LogP contribution in [0.2, 0.25) is 0 Å². The quantitative estimate of drug-likeness (QED) is 0.553. The lowest BCUT2D eigenvalue weighted by molar-refractivity contribution is 0.382. The Morgan fingerprint density at radius 2 is 2.56 bits per heavy atom. The first kappa shape index (κ1) is 5.74. The molecule has 0 aromatic carbocycles. The van der Waals surface area contributed by atoms with Crippen molar-refractivity contribution in [2.24, 2.45) is 0 Å². The van der Waals surface area contributed by atoms with E-state index in [1.165, 1.54) is 6.29 Å². The molecule has 9 heavy (non-hydrogen) atoms. The maximum atomic E-state index is 10.2. The molecule has 1 rings (SSSR count). The Labute approximate surface area is 49.7 Å². The summed E-state index contributed by atoms with van der Waals surface area (Å²) in [6.45, 7) is 0. The summed E-state index contributed by atoms with van der Waals surface area (Å²) in [5.74, 6) is 0.0648. The normalized spacial score (nSPS) is 9.33. The highest BCUT2D eigenvalue weighted by Crippen LogP contribution is 1.83. The van der Waals surface area contributed by atoms with E-state index in [-0.39, 0.29) is 12.3 Å². The van der Waals surface area contributed by atoms with Crippen molar-refractivity contribution in [1.29, 1.82) is 0 Å². The predicted octanol–water partition coefficient (Wildman–Crippen LogP) is -0.985. The maximum absolute atomic E-state index is 10.2. The predicted molar refractivity (Wildman–Crippen MR) is 26.5 cm³/mol. The molecule has 0 saturated carbocycles. The van der Waals surface area contributed by atoms with Gasteiger partial charge >= 0.3 is 5.69 Å². The fraction of sp³-hybridized carbons (Fsp3) is 0.250. The first-order valence-electron chi connectivity index (χ1n) is 2.22. The van der Waals surface area contributed by atoms with Crippen LogP contribution in [-0.2, 0) is 11.2 Å². The number of aromatic amines is 1. The van der Waals surface area contributed by atoms with Crippen molar-refractivity contribution in [3.05, 3.63) is 16.4 Å². The molecular weight excluding hydrogens is 124 g/mol. The van der Waals surface area contributed by atoms with Gasteiger partial charge in [0.2, 0.25) is 12.2 Å². The van der Waals surface area contributed by atoms with Gasteiger partial charge in [0.05, 0.1) is 6.42 Å². The number of H-pyrrole nitrogens is 1. The minimum Gasteiger partial charge on any atom is -0.362 e. The second-order valence-electron chi connectivity index (χ2n) is 1.34. The lowest BCUT2D eigenvalue weighted by Gasteiger charge is -1.73. The summed E-state index contributed by atoms with van der Waals surface area (Å²) in [5.41, 5.74) is -0.583. The van der Waals surface area contributed by atoms with Gasteiger partial charge in [-0.3, -0.25) is 4.79 Å². The lowest BCUT2D eigenvalue weighted by Crippen LogP contribution is -2.01. The maximum Gasteiger partial charge on any atom is 0.377 e. The number of rotatable bonds is 2. The largest absolute Gasteiger partial charge is 0.377 e. The summed E-state index contributed by atoms with van der Waals surface area (Å²) in [7, 11) is 0. The van der Waals surface area contributed by atoms with Crippen molar-refractivity contribution in [2.75, 3.05) is 0 Å². The van der Waals surface area contributed by atoms with Gasteiger partial charge in [-0.05, 0) is 0 Å². The van der Waals surface area contributed by atoms with Gasteiger partial charge < -0.3 is 4.52 Å². The van der Waals surface area contributed by atoms with E-state index in [4.69, 9.17) is 0 Å². The molecule has 1 aromatic rings. The summed E-state index contributed by atoms with van der Waals surface area (Å²) in [5, 5.41) is 1.93. The van der Waals surface area contributed by atoms with E-state index in [1.54, 1.807) is 0 Å². The molecule has 0 aliphatic heterocycles. The molecule has 47 valence electrons. The molecule has 0 spiro atoms. The Bertz CT molecular complexity index is 248. The van der Waals surface area contributed by atoms with E-state index in [2.05, 4.69) is 9.51 Å². The molecule has 1 N–H and O–H groups in total. The Hall–Kier alpha value is -1.39. The molecule has 5 heteroatoms. The summed E-state index contributed by atoms with van der Waals surface area (Å²) >= 11 is 0. The van der Waals surface area contributed by atoms with E-state index in [0.29, 0.717) is 0 Å². The molecular formula is C4H3N2O3. The fourth-order valence-corrected chi connectivity index (χ4v) is 0.399. The number of aromatic nitrogens is 2. The molecule has 0 aliphatic rings. The van der Waals surface area contributed by atoms with Crippen LogP contribution in [0.1, 0.15) is 5.89 Å². The molecule has 1 radical (unpaired) electrons. The number of nitrogens with zero attached hydrogens (tertiary/aromatic N) is 1. The molecule has 1 heterocycles. The van der Waals surface area contributed by atoms with Crippen LogP contribution in [-0.4, -0.2) is 16.4 Å². The highest BCUT2D eigenvalue weighted by atomic mass is 16.5. The highest BCUT2D eigenvalue weighted by molar-refractivity contribution is 5.52. The number of nitrogens with one attached hydrogen (secondary N) is 1. The van der Waals surface area contributed by atoms with Crippen LogP contribution in [0.3, 0.4) is 0 Å². The Morgan fingerprint density at radius 3 is 3.00 bits per heavy atom. The van der Waals surface area contributed by atoms with Gasteiger partial charge in [-0.2, -0.15) is 10.1 Å². The highest BCUT2D eigenvalue weighted by Gasteiger charge is 1.97. The molecule has 0 unspecified atom stereocenters. The van der Waals surface area contributed by atoms with E-state index in [0.717, 1.165) is 0 Å². The number of hydrogen-bond acceptors (Lipinski definition) is 4. The second kappa shape index (κ2) is 2.25. The molecule has 0 saturated heterocycles. The van der Waals surface area contributed by atoms with Gasteiger partial charge in [-0.25, -0.2) is 4.79 Å². The molecule has 0 atom stereocenters. The Balaban J connectivity index is 2.84. The number of hydrogen-bond donors (Lipinski definition) is 1. The Kier molecular flexibility index (Phi) is 1.44. The van der Waals surface area contributed by atoms with Crippen LogP contribution >= 0.6 is 0 Å². The standard InChI is InChI=1S/C4H3N2O3/c7-2-1-3-5-4(8)6-9-3/h1H2,(H,6,8). The molecule has 0 fully saturated rings. The van der Waals surface area contributed by atoms with Crippen LogP contribution in [0, 0.1) is 0 Å². The van der Waals surface area contributed by atoms with Gasteiger partial charge in [-0.1, -0.05) is 0 Å². The van der Waals surface area contributed by atoms with E-state index < -0.39 is 5.69 Å². The van der Waals surface area contributed by atoms with Crippen LogP contribution < -0.4 is 5.69 Å². The van der Waals surface area contributed by atoms with Crippen molar-refractivity contribution in [1.82, 2.24) is 10.1 Å². The number of carbonyl (C=O) groups excluding carboxylic acids is 1. The zero-order valence-corrected chi connectivity index (χ0v) is 4.38. The molecule has 0 amide bonds. The van der Waals surface area contributed by atoms with E-state index in [9.17, 15) is 9.59 Å². The second-order valence-corrected chi connectivity index (χ2v) is 1.34. The summed E-state index contributed by atoms with van der Waals surface area (Å²) < 4.78 is 4.39. The Morgan fingerprint density at radius 1 is 1.78 bits per heavy atom. The minimum atomic E-state index is -0.583. The third kappa shape index (κ3) is 1.25. The topological polar surface area (TPSA) is 76.0 Å². The van der Waals surface area contributed by atoms with Crippen molar-refractivity contribution in [3.8, 4) is 0 Å². The molecule has 1 aromatic heterocycles. The van der Waals surface area contributed by atoms with Crippen LogP contribution in [0.15, 0.2) is 9.32 Å². The summed E-state index contributed by atoms with van der Waals surface area (Å²) in [6.07, 6.45) is 1.45. The monoisotopic (exact) mass is 127 g/mol. The zero-order chi connectivity index (χ0) is 6.69. The van der Waals surface area contributed by atoms with Gasteiger partial charge in [0.1, 0.15) is 0 Å². The minimum absolute atomic E-state index is 0.0648. The third-order valence-corrected chi connectivity index (χ3v) is 0.706. The van der Waals surface area contributed by atoms with E-state index >= 15 is 0 Å². The van der Waals surface area contributed by atoms with Crippen LogP contribution in [0.25, 0.3) is 0 Å². The van der Waals surface area contributed by atoms with E-state index in [1.807, 2.05) is 5.16 Å². The van der Waals surface area contributed by atoms with Crippen molar-refractivity contribution >= 4 is 6.29 Å². The SMILES string of the molecule is O=[C]Cc1nc(=O)[nH]o1. The average molecular weight is 127 g/mol. The average Bonchev–Trinajstić information content (AvgIpc) is 2.17. The van der Waals surface area contributed by atoms with Gasteiger partial charge in [-0.15, -0.1) is 0 Å². The lowest BCUT2D eigenvalue weighted by atomic mass is 10.5. The fourth-order valence-electron chi connectivity index (χ4n) is 0.399. The van der Waals surface area contributed by atoms with Crippen molar-refractivity contribution < 1.29 is 9.32 Å². The first-order valence-corrected chi connectivity index (χ1v) is 2.22. The molecule has 0 aliphatic carbocycles. The van der Waals surface area contributed by atoms with Gasteiger partial charge in [0, 0.05) is 0 Å². The zero-order valence-electron chi connectivity index (χ0n) is 4.38. The molecule has 5 nitrogen and oxygen atoms in total. The third-order valence-electron chi connectivity index (χ3n) is 0.706. The summed E-state index contributed by atoms with van der Waals surface area (Å²) in [4.78, 5) is 23.1.